The molecule has 2 aliphatic rings. The van der Waals surface area contributed by atoms with E-state index in [4.69, 9.17) is 0 Å². The monoisotopic (exact) mass is 484 g/mol. The lowest BCUT2D eigenvalue weighted by Crippen LogP contribution is -2.52. The van der Waals surface area contributed by atoms with E-state index in [1.807, 2.05) is 18.2 Å². The smallest absolute Gasteiger partial charge is 0.264 e. The fourth-order valence-electron chi connectivity index (χ4n) is 4.11. The number of nitrogens with zero attached hydrogens (tertiary/aromatic N) is 2. The molecule has 0 spiro atoms. The predicted octanol–water partition coefficient (Wildman–Crippen LogP) is 2.39. The zero-order valence-corrected chi connectivity index (χ0v) is 19.2. The molecule has 5 rings (SSSR count). The van der Waals surface area contributed by atoms with E-state index >= 15 is 0 Å². The average Bonchev–Trinajstić information content (AvgIpc) is 3.39. The topological polar surface area (TPSA) is 91.8 Å². The number of sulfonamides is 1. The van der Waals surface area contributed by atoms with Gasteiger partial charge in [-0.2, -0.15) is 4.31 Å². The van der Waals surface area contributed by atoms with Gasteiger partial charge in [-0.3, -0.25) is 4.79 Å². The van der Waals surface area contributed by atoms with E-state index in [1.54, 1.807) is 16.2 Å². The Bertz CT molecular complexity index is 1350. The number of carbonyl (C=O) groups excluding carboxylic acids is 1. The number of hydrogen-bond acceptors (Lipinski definition) is 7. The Labute approximate surface area is 182 Å². The summed E-state index contributed by atoms with van der Waals surface area (Å²) in [7, 11) is -6.93. The second-order valence-corrected chi connectivity index (χ2v) is 14.2. The normalized spacial score (nSPS) is 22.8. The molecule has 0 saturated carbocycles. The first-order chi connectivity index (χ1) is 14.2. The Morgan fingerprint density at radius 1 is 1.03 bits per heavy atom. The molecule has 1 aromatic carbocycles. The first kappa shape index (κ1) is 20.4. The van der Waals surface area contributed by atoms with Crippen LogP contribution in [-0.2, 0) is 19.9 Å². The molecule has 0 N–H and O–H groups in total. The maximum absolute atomic E-state index is 13.0. The highest BCUT2D eigenvalue weighted by Crippen LogP contribution is 2.39. The Morgan fingerprint density at radius 3 is 2.47 bits per heavy atom. The van der Waals surface area contributed by atoms with Gasteiger partial charge in [0.15, 0.2) is 9.84 Å². The van der Waals surface area contributed by atoms with Crippen LogP contribution in [0.5, 0.6) is 0 Å². The van der Waals surface area contributed by atoms with E-state index < -0.39 is 25.1 Å². The zero-order valence-electron chi connectivity index (χ0n) is 16.0. The largest absolute Gasteiger partial charge is 0.335 e. The summed E-state index contributed by atoms with van der Waals surface area (Å²) in [5.74, 6) is -0.443. The fraction of sp³-hybridized carbons (Fsp3) is 0.421. The first-order valence-corrected chi connectivity index (χ1v) is 14.6. The van der Waals surface area contributed by atoms with Crippen LogP contribution in [0.25, 0.3) is 19.5 Å². The highest BCUT2D eigenvalue weighted by Gasteiger charge is 2.41. The minimum absolute atomic E-state index is 0.0699. The molecule has 0 radical (unpaired) electrons. The van der Waals surface area contributed by atoms with Gasteiger partial charge in [0.2, 0.25) is 10.0 Å². The summed E-state index contributed by atoms with van der Waals surface area (Å²) in [6.45, 7) is 1.02. The first-order valence-electron chi connectivity index (χ1n) is 9.64. The summed E-state index contributed by atoms with van der Waals surface area (Å²) in [6.07, 6.45) is 0.156. The molecule has 7 nitrogen and oxygen atoms in total. The van der Waals surface area contributed by atoms with E-state index in [2.05, 4.69) is 12.1 Å². The summed E-state index contributed by atoms with van der Waals surface area (Å²) in [5, 5.41) is 0.297. The molecule has 11 heteroatoms. The standard InChI is InChI=1S/C19H20N2O5S4/c22-19(17-11-16-18(28-17)14-3-1-2-4-15(14)27-16)20-6-8-21(9-7-20)30(25,26)13-5-10-29(23,24)12-13/h1-4,11,13H,5-10,12H2. The van der Waals surface area contributed by atoms with Crippen molar-refractivity contribution in [1.82, 2.24) is 9.21 Å². The lowest BCUT2D eigenvalue weighted by molar-refractivity contribution is 0.0702. The Kier molecular flexibility index (Phi) is 4.93. The van der Waals surface area contributed by atoms with Crippen molar-refractivity contribution < 1.29 is 21.6 Å². The van der Waals surface area contributed by atoms with Crippen LogP contribution in [0.1, 0.15) is 16.1 Å². The van der Waals surface area contributed by atoms with Crippen LogP contribution in [-0.4, -0.2) is 74.9 Å². The quantitative estimate of drug-likeness (QED) is 0.569. The van der Waals surface area contributed by atoms with Gasteiger partial charge in [0.25, 0.3) is 5.91 Å². The van der Waals surface area contributed by atoms with E-state index in [1.165, 1.54) is 20.3 Å². The maximum atomic E-state index is 13.0. The van der Waals surface area contributed by atoms with Crippen LogP contribution in [0.2, 0.25) is 0 Å². The van der Waals surface area contributed by atoms with Gasteiger partial charge in [0.05, 0.1) is 26.3 Å². The molecule has 160 valence electrons. The fourth-order valence-corrected chi connectivity index (χ4v) is 11.1. The molecule has 4 heterocycles. The Hall–Kier alpha value is -1.53. The van der Waals surface area contributed by atoms with Crippen molar-refractivity contribution in [3.8, 4) is 0 Å². The van der Waals surface area contributed by atoms with Crippen LogP contribution in [0.3, 0.4) is 0 Å². The molecule has 1 unspecified atom stereocenters. The summed E-state index contributed by atoms with van der Waals surface area (Å²) in [5.41, 5.74) is 0. The molecule has 2 aliphatic heterocycles. The molecular weight excluding hydrogens is 464 g/mol. The number of sulfone groups is 1. The zero-order chi connectivity index (χ0) is 21.1. The number of hydrogen-bond donors (Lipinski definition) is 0. The van der Waals surface area contributed by atoms with Crippen LogP contribution >= 0.6 is 22.7 Å². The summed E-state index contributed by atoms with van der Waals surface area (Å²) >= 11 is 3.15. The number of amides is 1. The molecular formula is C19H20N2O5S4. The average molecular weight is 485 g/mol. The molecule has 1 atom stereocenters. The van der Waals surface area contributed by atoms with Gasteiger partial charge in [0, 0.05) is 41.0 Å². The van der Waals surface area contributed by atoms with Crippen molar-refractivity contribution in [1.29, 1.82) is 0 Å². The number of piperazine rings is 1. The van der Waals surface area contributed by atoms with Gasteiger partial charge < -0.3 is 4.90 Å². The summed E-state index contributed by atoms with van der Waals surface area (Å²) in [6, 6.07) is 10.1. The lowest BCUT2D eigenvalue weighted by atomic mass is 10.2. The van der Waals surface area contributed by atoms with Crippen molar-refractivity contribution in [2.24, 2.45) is 0 Å². The SMILES string of the molecule is O=C(c1cc2sc3ccccc3c2s1)N1CCN(S(=O)(=O)C2CCS(=O)(=O)C2)CC1. The van der Waals surface area contributed by atoms with Crippen molar-refractivity contribution in [3.63, 3.8) is 0 Å². The highest BCUT2D eigenvalue weighted by atomic mass is 32.2. The third-order valence-corrected chi connectivity index (χ3v) is 12.5. The molecule has 2 fully saturated rings. The third kappa shape index (κ3) is 3.46. The number of carbonyl (C=O) groups is 1. The van der Waals surface area contributed by atoms with Crippen LogP contribution in [0.4, 0.5) is 0 Å². The van der Waals surface area contributed by atoms with Crippen molar-refractivity contribution >= 4 is 67.9 Å². The van der Waals surface area contributed by atoms with Crippen LogP contribution < -0.4 is 0 Å². The van der Waals surface area contributed by atoms with Crippen molar-refractivity contribution in [3.05, 3.63) is 35.2 Å². The molecule has 2 saturated heterocycles. The second kappa shape index (κ2) is 7.27. The third-order valence-electron chi connectivity index (χ3n) is 5.76. The molecule has 30 heavy (non-hydrogen) atoms. The van der Waals surface area contributed by atoms with E-state index in [0.29, 0.717) is 18.0 Å². The second-order valence-electron chi connectivity index (χ2n) is 7.66. The highest BCUT2D eigenvalue weighted by molar-refractivity contribution is 7.95. The minimum Gasteiger partial charge on any atom is -0.335 e. The molecule has 0 bridgehead atoms. The van der Waals surface area contributed by atoms with Gasteiger partial charge in [-0.25, -0.2) is 16.8 Å². The van der Waals surface area contributed by atoms with Crippen molar-refractivity contribution in [2.45, 2.75) is 11.7 Å². The number of benzene rings is 1. The van der Waals surface area contributed by atoms with E-state index in [9.17, 15) is 21.6 Å². The van der Waals surface area contributed by atoms with E-state index in [-0.39, 0.29) is 36.9 Å². The molecule has 1 amide bonds. The number of rotatable bonds is 3. The number of thiophene rings is 2. The predicted molar refractivity (Wildman–Crippen MR) is 121 cm³/mol. The summed E-state index contributed by atoms with van der Waals surface area (Å²) < 4.78 is 53.7. The van der Waals surface area contributed by atoms with Crippen molar-refractivity contribution in [2.75, 3.05) is 37.7 Å². The van der Waals surface area contributed by atoms with Gasteiger partial charge in [-0.1, -0.05) is 18.2 Å². The molecule has 0 aliphatic carbocycles. The van der Waals surface area contributed by atoms with Gasteiger partial charge in [-0.05, 0) is 18.6 Å². The minimum atomic E-state index is -3.66. The Morgan fingerprint density at radius 2 is 1.77 bits per heavy atom. The Balaban J connectivity index is 1.29. The summed E-state index contributed by atoms with van der Waals surface area (Å²) in [4.78, 5) is 15.4. The van der Waals surface area contributed by atoms with Gasteiger partial charge >= 0.3 is 0 Å². The van der Waals surface area contributed by atoms with Crippen LogP contribution in [0.15, 0.2) is 30.3 Å². The molecule has 2 aromatic heterocycles. The van der Waals surface area contributed by atoms with Gasteiger partial charge in [-0.15, -0.1) is 22.7 Å². The maximum Gasteiger partial charge on any atom is 0.264 e. The lowest BCUT2D eigenvalue weighted by Gasteiger charge is -2.35. The van der Waals surface area contributed by atoms with Gasteiger partial charge in [0.1, 0.15) is 0 Å². The molecule has 3 aromatic rings. The van der Waals surface area contributed by atoms with E-state index in [0.717, 1.165) is 14.8 Å². The van der Waals surface area contributed by atoms with Crippen LogP contribution in [0, 0.1) is 0 Å². The number of fused-ring (bicyclic) bond motifs is 3.